The van der Waals surface area contributed by atoms with E-state index in [1.165, 1.54) is 33.5 Å². The molecule has 0 aliphatic carbocycles. The van der Waals surface area contributed by atoms with Crippen LogP contribution in [0.2, 0.25) is 5.02 Å². The number of rotatable bonds is 4. The van der Waals surface area contributed by atoms with Crippen LogP contribution in [-0.4, -0.2) is 54.6 Å². The molecule has 8 nitrogen and oxygen atoms in total. The van der Waals surface area contributed by atoms with Crippen molar-refractivity contribution in [2.45, 2.75) is 4.90 Å². The summed E-state index contributed by atoms with van der Waals surface area (Å²) < 4.78 is 39.8. The molecule has 0 N–H and O–H groups in total. The Morgan fingerprint density at radius 2 is 1.79 bits per heavy atom. The molecule has 2 aromatic rings. The van der Waals surface area contributed by atoms with Gasteiger partial charge in [0.05, 0.1) is 20.4 Å². The second-order valence-corrected chi connectivity index (χ2v) is 8.42. The molecule has 0 radical (unpaired) electrons. The number of nitro benzene ring substituents is 1. The lowest BCUT2D eigenvalue weighted by Crippen LogP contribution is -2.50. The van der Waals surface area contributed by atoms with Gasteiger partial charge in [-0.1, -0.05) is 17.7 Å². The first-order valence-corrected chi connectivity index (χ1v) is 10.0. The molecule has 28 heavy (non-hydrogen) atoms. The van der Waals surface area contributed by atoms with Gasteiger partial charge in [-0.05, 0) is 24.3 Å². The minimum atomic E-state index is -3.93. The summed E-state index contributed by atoms with van der Waals surface area (Å²) in [5.41, 5.74) is -0.182. The van der Waals surface area contributed by atoms with Crippen LogP contribution in [0.5, 0.6) is 0 Å². The van der Waals surface area contributed by atoms with Crippen LogP contribution in [0, 0.1) is 15.9 Å². The van der Waals surface area contributed by atoms with Crippen molar-refractivity contribution in [2.75, 3.05) is 26.2 Å². The van der Waals surface area contributed by atoms with E-state index >= 15 is 0 Å². The first kappa shape index (κ1) is 20.2. The number of sulfonamides is 1. The van der Waals surface area contributed by atoms with Crippen LogP contribution in [0.1, 0.15) is 10.4 Å². The third kappa shape index (κ3) is 3.98. The van der Waals surface area contributed by atoms with Crippen LogP contribution in [-0.2, 0) is 10.0 Å². The monoisotopic (exact) mass is 427 g/mol. The summed E-state index contributed by atoms with van der Waals surface area (Å²) in [5.74, 6) is -0.980. The molecule has 1 fully saturated rings. The highest BCUT2D eigenvalue weighted by Gasteiger charge is 2.31. The second-order valence-electron chi connectivity index (χ2n) is 6.07. The number of non-ortho nitro benzene ring substituents is 1. The lowest BCUT2D eigenvalue weighted by Gasteiger charge is -2.34. The quantitative estimate of drug-likeness (QED) is 0.551. The molecule has 0 atom stereocenters. The smallest absolute Gasteiger partial charge is 0.270 e. The Morgan fingerprint density at radius 3 is 2.39 bits per heavy atom. The summed E-state index contributed by atoms with van der Waals surface area (Å²) in [6.45, 7) is 0.270. The van der Waals surface area contributed by atoms with Gasteiger partial charge in [-0.25, -0.2) is 12.8 Å². The molecular formula is C17H15ClFN3O5S. The molecule has 0 unspecified atom stereocenters. The highest BCUT2D eigenvalue weighted by Crippen LogP contribution is 2.24. The van der Waals surface area contributed by atoms with E-state index in [-0.39, 0.29) is 47.3 Å². The van der Waals surface area contributed by atoms with Crippen molar-refractivity contribution in [3.05, 3.63) is 69.0 Å². The fraction of sp³-hybridized carbons (Fsp3) is 0.235. The van der Waals surface area contributed by atoms with Gasteiger partial charge in [-0.3, -0.25) is 14.9 Å². The molecule has 1 amide bonds. The van der Waals surface area contributed by atoms with Crippen LogP contribution in [0.25, 0.3) is 0 Å². The van der Waals surface area contributed by atoms with E-state index in [1.54, 1.807) is 0 Å². The number of nitrogens with zero attached hydrogens (tertiary/aromatic N) is 3. The maximum absolute atomic E-state index is 13.2. The number of amides is 1. The Labute approximate surface area is 165 Å². The Balaban J connectivity index is 1.73. The largest absolute Gasteiger partial charge is 0.336 e. The molecular weight excluding hydrogens is 413 g/mol. The maximum atomic E-state index is 13.2. The van der Waals surface area contributed by atoms with E-state index in [2.05, 4.69) is 0 Å². The van der Waals surface area contributed by atoms with Crippen molar-refractivity contribution in [1.29, 1.82) is 0 Å². The predicted molar refractivity (Wildman–Crippen MR) is 99.2 cm³/mol. The van der Waals surface area contributed by atoms with Gasteiger partial charge < -0.3 is 4.90 Å². The summed E-state index contributed by atoms with van der Waals surface area (Å²) in [6.07, 6.45) is 0. The van der Waals surface area contributed by atoms with E-state index in [9.17, 15) is 27.7 Å². The SMILES string of the molecule is O=C(c1ccc(F)cc1Cl)N1CCN(S(=O)(=O)c2cccc([N+](=O)[O-])c2)CC1. The number of hydrogen-bond donors (Lipinski definition) is 0. The Bertz CT molecular complexity index is 1040. The molecule has 3 rings (SSSR count). The molecule has 2 aromatic carbocycles. The molecule has 11 heteroatoms. The standard InChI is InChI=1S/C17H15ClFN3O5S/c18-16-10-12(19)4-5-15(16)17(23)20-6-8-21(9-7-20)28(26,27)14-3-1-2-13(11-14)22(24)25/h1-5,10-11H,6-9H2. The number of piperazine rings is 1. The third-order valence-corrected chi connectivity index (χ3v) is 6.56. The number of halogens is 2. The molecule has 1 heterocycles. The molecule has 1 saturated heterocycles. The van der Waals surface area contributed by atoms with Crippen LogP contribution in [0.4, 0.5) is 10.1 Å². The fourth-order valence-corrected chi connectivity index (χ4v) is 4.58. The van der Waals surface area contributed by atoms with E-state index in [0.717, 1.165) is 18.2 Å². The Kier molecular flexibility index (Phi) is 5.64. The number of benzene rings is 2. The van der Waals surface area contributed by atoms with Gasteiger partial charge in [0, 0.05) is 38.3 Å². The first-order valence-electron chi connectivity index (χ1n) is 8.19. The van der Waals surface area contributed by atoms with Gasteiger partial charge in [0.15, 0.2) is 0 Å². The number of carbonyl (C=O) groups excluding carboxylic acids is 1. The van der Waals surface area contributed by atoms with E-state index in [0.29, 0.717) is 0 Å². The highest BCUT2D eigenvalue weighted by molar-refractivity contribution is 7.89. The summed E-state index contributed by atoms with van der Waals surface area (Å²) in [5, 5.41) is 10.9. The van der Waals surface area contributed by atoms with Gasteiger partial charge >= 0.3 is 0 Å². The van der Waals surface area contributed by atoms with Crippen LogP contribution >= 0.6 is 11.6 Å². The van der Waals surface area contributed by atoms with Crippen molar-refractivity contribution in [3.63, 3.8) is 0 Å². The van der Waals surface area contributed by atoms with Crippen LogP contribution < -0.4 is 0 Å². The number of hydrogen-bond acceptors (Lipinski definition) is 5. The van der Waals surface area contributed by atoms with Gasteiger partial charge in [-0.15, -0.1) is 0 Å². The third-order valence-electron chi connectivity index (χ3n) is 4.35. The van der Waals surface area contributed by atoms with Gasteiger partial charge in [0.1, 0.15) is 5.82 Å². The summed E-state index contributed by atoms with van der Waals surface area (Å²) in [4.78, 5) is 24.0. The Morgan fingerprint density at radius 1 is 1.11 bits per heavy atom. The van der Waals surface area contributed by atoms with Crippen LogP contribution in [0.15, 0.2) is 47.4 Å². The van der Waals surface area contributed by atoms with E-state index in [1.807, 2.05) is 0 Å². The fourth-order valence-electron chi connectivity index (χ4n) is 2.87. The lowest BCUT2D eigenvalue weighted by molar-refractivity contribution is -0.385. The van der Waals surface area contributed by atoms with E-state index < -0.39 is 26.7 Å². The van der Waals surface area contributed by atoms with Crippen molar-refractivity contribution in [3.8, 4) is 0 Å². The highest BCUT2D eigenvalue weighted by atomic mass is 35.5. The van der Waals surface area contributed by atoms with Crippen molar-refractivity contribution in [2.24, 2.45) is 0 Å². The zero-order valence-electron chi connectivity index (χ0n) is 14.4. The molecule has 148 valence electrons. The minimum Gasteiger partial charge on any atom is -0.336 e. The van der Waals surface area contributed by atoms with Crippen LogP contribution in [0.3, 0.4) is 0 Å². The van der Waals surface area contributed by atoms with Crippen molar-refractivity contribution >= 4 is 33.2 Å². The predicted octanol–water partition coefficient (Wildman–Crippen LogP) is 2.53. The van der Waals surface area contributed by atoms with Gasteiger partial charge in [0.25, 0.3) is 11.6 Å². The summed E-state index contributed by atoms with van der Waals surface area (Å²) >= 11 is 5.92. The average Bonchev–Trinajstić information content (AvgIpc) is 2.67. The Hall–Kier alpha value is -2.56. The van der Waals surface area contributed by atoms with Crippen molar-refractivity contribution < 1.29 is 22.5 Å². The number of carbonyl (C=O) groups is 1. The minimum absolute atomic E-state index is 0.0170. The molecule has 1 aliphatic heterocycles. The van der Waals surface area contributed by atoms with E-state index in [4.69, 9.17) is 11.6 Å². The van der Waals surface area contributed by atoms with Gasteiger partial charge in [0.2, 0.25) is 10.0 Å². The average molecular weight is 428 g/mol. The maximum Gasteiger partial charge on any atom is 0.270 e. The normalized spacial score (nSPS) is 15.4. The molecule has 0 saturated carbocycles. The van der Waals surface area contributed by atoms with Gasteiger partial charge in [-0.2, -0.15) is 4.31 Å². The zero-order chi connectivity index (χ0) is 20.5. The molecule has 0 bridgehead atoms. The zero-order valence-corrected chi connectivity index (χ0v) is 16.0. The second kappa shape index (κ2) is 7.82. The summed E-state index contributed by atoms with van der Waals surface area (Å²) in [7, 11) is -3.93. The first-order chi connectivity index (χ1) is 13.2. The molecule has 1 aliphatic rings. The summed E-state index contributed by atoms with van der Waals surface area (Å²) in [6, 6.07) is 8.26. The molecule has 0 spiro atoms. The van der Waals surface area contributed by atoms with Crippen molar-refractivity contribution in [1.82, 2.24) is 9.21 Å². The number of nitro groups is 1. The topological polar surface area (TPSA) is 101 Å². The lowest BCUT2D eigenvalue weighted by atomic mass is 10.2. The molecule has 0 aromatic heterocycles.